The van der Waals surface area contributed by atoms with Crippen LogP contribution >= 0.6 is 0 Å². The van der Waals surface area contributed by atoms with Crippen LogP contribution in [0.4, 0.5) is 5.82 Å². The molecule has 1 aliphatic rings. The summed E-state index contributed by atoms with van der Waals surface area (Å²) in [5.41, 5.74) is 6.35. The predicted octanol–water partition coefficient (Wildman–Crippen LogP) is 0.400. The van der Waals surface area contributed by atoms with Gasteiger partial charge in [-0.05, 0) is 31.4 Å². The molecule has 0 aliphatic carbocycles. The molecule has 1 fully saturated rings. The van der Waals surface area contributed by atoms with Crippen LogP contribution in [0.1, 0.15) is 30.8 Å². The second-order valence-electron chi connectivity index (χ2n) is 5.01. The summed E-state index contributed by atoms with van der Waals surface area (Å²) < 4.78 is 0. The molecular weight excluding hydrogens is 242 g/mol. The fourth-order valence-corrected chi connectivity index (χ4v) is 2.24. The number of piperidine rings is 1. The van der Waals surface area contributed by atoms with Gasteiger partial charge in [-0.2, -0.15) is 0 Å². The van der Waals surface area contributed by atoms with Crippen molar-refractivity contribution in [3.63, 3.8) is 0 Å². The second-order valence-corrected chi connectivity index (χ2v) is 5.01. The predicted molar refractivity (Wildman–Crippen MR) is 74.0 cm³/mol. The maximum Gasteiger partial charge on any atom is 0.271 e. The topological polar surface area (TPSA) is 84.1 Å². The highest BCUT2D eigenvalue weighted by molar-refractivity contribution is 5.92. The van der Waals surface area contributed by atoms with E-state index in [1.165, 1.54) is 0 Å². The molecule has 1 aromatic rings. The largest absolute Gasteiger partial charge is 0.355 e. The maximum atomic E-state index is 11.6. The first-order valence-corrected chi connectivity index (χ1v) is 6.74. The fourth-order valence-electron chi connectivity index (χ4n) is 2.24. The SMILES string of the molecule is CCNC(=O)c1ccc(N2CCC(N)C(C)C2)nn1. The van der Waals surface area contributed by atoms with E-state index in [2.05, 4.69) is 27.3 Å². The Morgan fingerprint density at radius 1 is 1.53 bits per heavy atom. The molecule has 2 unspecified atom stereocenters. The van der Waals surface area contributed by atoms with Gasteiger partial charge in [-0.3, -0.25) is 4.79 Å². The van der Waals surface area contributed by atoms with Gasteiger partial charge < -0.3 is 16.0 Å². The van der Waals surface area contributed by atoms with Crippen molar-refractivity contribution in [1.82, 2.24) is 15.5 Å². The van der Waals surface area contributed by atoms with Crippen LogP contribution in [0.3, 0.4) is 0 Å². The van der Waals surface area contributed by atoms with Crippen LogP contribution in [0.25, 0.3) is 0 Å². The summed E-state index contributed by atoms with van der Waals surface area (Å²) in [6.07, 6.45) is 0.959. The third-order valence-electron chi connectivity index (χ3n) is 3.52. The van der Waals surface area contributed by atoms with Gasteiger partial charge in [-0.15, -0.1) is 10.2 Å². The molecule has 0 spiro atoms. The fraction of sp³-hybridized carbons (Fsp3) is 0.615. The number of amides is 1. The van der Waals surface area contributed by atoms with Crippen molar-refractivity contribution in [2.45, 2.75) is 26.3 Å². The van der Waals surface area contributed by atoms with E-state index in [4.69, 9.17) is 5.73 Å². The van der Waals surface area contributed by atoms with Crippen LogP contribution in [-0.4, -0.2) is 41.8 Å². The average molecular weight is 263 g/mol. The van der Waals surface area contributed by atoms with Crippen molar-refractivity contribution in [1.29, 1.82) is 0 Å². The Morgan fingerprint density at radius 3 is 2.89 bits per heavy atom. The Labute approximate surface area is 113 Å². The Kier molecular flexibility index (Phi) is 4.31. The van der Waals surface area contributed by atoms with E-state index in [0.717, 1.165) is 25.3 Å². The van der Waals surface area contributed by atoms with Crippen molar-refractivity contribution in [3.8, 4) is 0 Å². The van der Waals surface area contributed by atoms with Crippen molar-refractivity contribution >= 4 is 11.7 Å². The van der Waals surface area contributed by atoms with Crippen molar-refractivity contribution in [3.05, 3.63) is 17.8 Å². The van der Waals surface area contributed by atoms with Crippen LogP contribution in [0.15, 0.2) is 12.1 Å². The van der Waals surface area contributed by atoms with E-state index >= 15 is 0 Å². The number of nitrogens with one attached hydrogen (secondary N) is 1. The molecule has 104 valence electrons. The molecule has 6 nitrogen and oxygen atoms in total. The number of anilines is 1. The van der Waals surface area contributed by atoms with Gasteiger partial charge in [0.1, 0.15) is 0 Å². The van der Waals surface area contributed by atoms with Gasteiger partial charge in [0, 0.05) is 25.7 Å². The first-order valence-electron chi connectivity index (χ1n) is 6.74. The van der Waals surface area contributed by atoms with Gasteiger partial charge in [0.05, 0.1) is 0 Å². The number of rotatable bonds is 3. The highest BCUT2D eigenvalue weighted by Crippen LogP contribution is 2.20. The first-order chi connectivity index (χ1) is 9.11. The molecule has 1 amide bonds. The number of carbonyl (C=O) groups excluding carboxylic acids is 1. The lowest BCUT2D eigenvalue weighted by Crippen LogP contribution is -2.46. The molecule has 2 rings (SSSR count). The standard InChI is InChI=1S/C13H21N5O/c1-3-15-13(19)11-4-5-12(17-16-11)18-7-6-10(14)9(2)8-18/h4-5,9-10H,3,6-8,14H2,1-2H3,(H,15,19). The quantitative estimate of drug-likeness (QED) is 0.824. The van der Waals surface area contributed by atoms with Crippen LogP contribution in [0.2, 0.25) is 0 Å². The van der Waals surface area contributed by atoms with Crippen LogP contribution in [0, 0.1) is 5.92 Å². The Balaban J connectivity index is 2.04. The molecule has 0 radical (unpaired) electrons. The summed E-state index contributed by atoms with van der Waals surface area (Å²) in [5, 5.41) is 10.8. The van der Waals surface area contributed by atoms with Crippen molar-refractivity contribution in [2.24, 2.45) is 11.7 Å². The van der Waals surface area contributed by atoms with E-state index in [1.54, 1.807) is 6.07 Å². The van der Waals surface area contributed by atoms with E-state index in [0.29, 0.717) is 18.2 Å². The lowest BCUT2D eigenvalue weighted by molar-refractivity contribution is 0.0950. The monoisotopic (exact) mass is 263 g/mol. The normalized spacial score (nSPS) is 23.2. The molecule has 1 aliphatic heterocycles. The number of carbonyl (C=O) groups is 1. The van der Waals surface area contributed by atoms with Crippen molar-refractivity contribution in [2.75, 3.05) is 24.5 Å². The number of aromatic nitrogens is 2. The van der Waals surface area contributed by atoms with E-state index in [1.807, 2.05) is 13.0 Å². The Bertz CT molecular complexity index is 433. The van der Waals surface area contributed by atoms with E-state index < -0.39 is 0 Å². The molecule has 19 heavy (non-hydrogen) atoms. The summed E-state index contributed by atoms with van der Waals surface area (Å²) in [6.45, 7) is 6.38. The highest BCUT2D eigenvalue weighted by Gasteiger charge is 2.24. The van der Waals surface area contributed by atoms with E-state index in [-0.39, 0.29) is 11.9 Å². The molecule has 1 aromatic heterocycles. The van der Waals surface area contributed by atoms with Gasteiger partial charge in [0.25, 0.3) is 5.91 Å². The summed E-state index contributed by atoms with van der Waals surface area (Å²) in [4.78, 5) is 13.8. The molecule has 2 heterocycles. The van der Waals surface area contributed by atoms with Gasteiger partial charge in [-0.1, -0.05) is 6.92 Å². The summed E-state index contributed by atoms with van der Waals surface area (Å²) >= 11 is 0. The molecule has 3 N–H and O–H groups in total. The number of nitrogens with two attached hydrogens (primary N) is 1. The second kappa shape index (κ2) is 5.97. The average Bonchev–Trinajstić information content (AvgIpc) is 2.42. The molecule has 1 saturated heterocycles. The third kappa shape index (κ3) is 3.20. The minimum absolute atomic E-state index is 0.185. The first kappa shape index (κ1) is 13.7. The maximum absolute atomic E-state index is 11.6. The zero-order valence-corrected chi connectivity index (χ0v) is 11.5. The lowest BCUT2D eigenvalue weighted by atomic mass is 9.95. The van der Waals surface area contributed by atoms with E-state index in [9.17, 15) is 4.79 Å². The molecule has 2 atom stereocenters. The Hall–Kier alpha value is -1.69. The summed E-state index contributed by atoms with van der Waals surface area (Å²) in [5.74, 6) is 1.07. The number of hydrogen-bond acceptors (Lipinski definition) is 5. The molecule has 6 heteroatoms. The van der Waals surface area contributed by atoms with Gasteiger partial charge in [0.15, 0.2) is 11.5 Å². The van der Waals surface area contributed by atoms with Gasteiger partial charge >= 0.3 is 0 Å². The summed E-state index contributed by atoms with van der Waals surface area (Å²) in [7, 11) is 0. The van der Waals surface area contributed by atoms with Gasteiger partial charge in [-0.25, -0.2) is 0 Å². The molecule has 0 aromatic carbocycles. The smallest absolute Gasteiger partial charge is 0.271 e. The zero-order valence-electron chi connectivity index (χ0n) is 11.5. The number of nitrogens with zero attached hydrogens (tertiary/aromatic N) is 3. The summed E-state index contributed by atoms with van der Waals surface area (Å²) in [6, 6.07) is 3.83. The van der Waals surface area contributed by atoms with Crippen LogP contribution in [-0.2, 0) is 0 Å². The third-order valence-corrected chi connectivity index (χ3v) is 3.52. The minimum Gasteiger partial charge on any atom is -0.355 e. The molecular formula is C13H21N5O. The molecule has 0 saturated carbocycles. The van der Waals surface area contributed by atoms with Crippen LogP contribution in [0.5, 0.6) is 0 Å². The zero-order chi connectivity index (χ0) is 13.8. The van der Waals surface area contributed by atoms with Crippen molar-refractivity contribution < 1.29 is 4.79 Å². The minimum atomic E-state index is -0.185. The lowest BCUT2D eigenvalue weighted by Gasteiger charge is -2.35. The van der Waals surface area contributed by atoms with Gasteiger partial charge in [0.2, 0.25) is 0 Å². The molecule has 0 bridgehead atoms. The highest BCUT2D eigenvalue weighted by atomic mass is 16.1. The van der Waals surface area contributed by atoms with Crippen LogP contribution < -0.4 is 16.0 Å². The number of hydrogen-bond donors (Lipinski definition) is 2. The Morgan fingerprint density at radius 2 is 2.32 bits per heavy atom.